The molecule has 0 aliphatic heterocycles. The van der Waals surface area contributed by atoms with E-state index in [1.54, 1.807) is 31.2 Å². The first-order chi connectivity index (χ1) is 8.00. The van der Waals surface area contributed by atoms with E-state index in [-0.39, 0.29) is 5.82 Å². The predicted molar refractivity (Wildman–Crippen MR) is 71.5 cm³/mol. The third-order valence-electron chi connectivity index (χ3n) is 2.57. The first-order valence-electron chi connectivity index (χ1n) is 4.96. The van der Waals surface area contributed by atoms with Crippen molar-refractivity contribution in [3.05, 3.63) is 55.4 Å². The van der Waals surface area contributed by atoms with Gasteiger partial charge in [0.1, 0.15) is 5.82 Å². The summed E-state index contributed by atoms with van der Waals surface area (Å²) in [4.78, 5) is 0. The molecule has 1 nitrogen and oxygen atoms in total. The van der Waals surface area contributed by atoms with Gasteiger partial charge in [0, 0.05) is 11.1 Å². The Morgan fingerprint density at radius 1 is 1.29 bits per heavy atom. The van der Waals surface area contributed by atoms with E-state index in [1.165, 1.54) is 11.3 Å². The summed E-state index contributed by atoms with van der Waals surface area (Å²) in [5, 5.41) is 0. The number of benzene rings is 1. The van der Waals surface area contributed by atoms with Gasteiger partial charge < -0.3 is 5.73 Å². The Balaban J connectivity index is 2.47. The van der Waals surface area contributed by atoms with E-state index in [2.05, 4.69) is 0 Å². The summed E-state index contributed by atoms with van der Waals surface area (Å²) in [6, 6.07) is 6.23. The molecule has 1 aromatic carbocycles. The number of thiophene rings is 1. The van der Waals surface area contributed by atoms with E-state index in [4.69, 9.17) is 28.9 Å². The van der Waals surface area contributed by atoms with Crippen LogP contribution in [0.1, 0.15) is 22.7 Å². The molecule has 1 atom stereocenters. The smallest absolute Gasteiger partial charge is 0.131 e. The molecule has 2 aromatic rings. The van der Waals surface area contributed by atoms with Crippen LogP contribution in [-0.4, -0.2) is 0 Å². The molecule has 0 radical (unpaired) electrons. The van der Waals surface area contributed by atoms with Crippen molar-refractivity contribution in [2.24, 2.45) is 5.73 Å². The molecule has 2 N–H and O–H groups in total. The summed E-state index contributed by atoms with van der Waals surface area (Å²) in [5.74, 6) is -0.293. The number of hydrogen-bond donors (Lipinski definition) is 1. The van der Waals surface area contributed by atoms with E-state index in [0.29, 0.717) is 25.4 Å². The molecule has 0 aliphatic rings. The highest BCUT2D eigenvalue weighted by Crippen LogP contribution is 2.37. The van der Waals surface area contributed by atoms with Crippen molar-refractivity contribution in [2.45, 2.75) is 13.0 Å². The predicted octanol–water partition coefficient (Wildman–Crippen LogP) is 4.55. The normalized spacial score (nSPS) is 12.8. The second-order valence-corrected chi connectivity index (χ2v) is 6.02. The monoisotopic (exact) mass is 289 g/mol. The van der Waals surface area contributed by atoms with Crippen LogP contribution in [0.15, 0.2) is 24.3 Å². The zero-order valence-corrected chi connectivity index (χ0v) is 11.3. The molecule has 0 aliphatic carbocycles. The topological polar surface area (TPSA) is 26.0 Å². The van der Waals surface area contributed by atoms with Crippen molar-refractivity contribution in [3.8, 4) is 0 Å². The van der Waals surface area contributed by atoms with Crippen molar-refractivity contribution in [1.82, 2.24) is 0 Å². The minimum atomic E-state index is -0.592. The van der Waals surface area contributed by atoms with Gasteiger partial charge in [-0.25, -0.2) is 4.39 Å². The number of rotatable bonds is 2. The lowest BCUT2D eigenvalue weighted by Crippen LogP contribution is -2.13. The van der Waals surface area contributed by atoms with Crippen LogP contribution in [-0.2, 0) is 0 Å². The zero-order chi connectivity index (χ0) is 12.6. The lowest BCUT2D eigenvalue weighted by atomic mass is 10.00. The molecular formula is C12H10Cl2FNS. The summed E-state index contributed by atoms with van der Waals surface area (Å²) in [6.45, 7) is 1.70. The van der Waals surface area contributed by atoms with Crippen LogP contribution < -0.4 is 5.73 Å². The van der Waals surface area contributed by atoms with Crippen LogP contribution in [0.5, 0.6) is 0 Å². The standard InChI is InChI=1S/C12H10Cl2FNS/c1-6-3-2-4-7(10(6)15)11(16)8-5-9(13)17-12(8)14/h2-5,11H,16H2,1H3. The lowest BCUT2D eigenvalue weighted by Gasteiger charge is -2.13. The summed E-state index contributed by atoms with van der Waals surface area (Å²) < 4.78 is 15.0. The van der Waals surface area contributed by atoms with E-state index in [0.717, 1.165) is 0 Å². The van der Waals surface area contributed by atoms with E-state index in [1.807, 2.05) is 0 Å². The SMILES string of the molecule is Cc1cccc(C(N)c2cc(Cl)sc2Cl)c1F. The van der Waals surface area contributed by atoms with Crippen molar-refractivity contribution >= 4 is 34.5 Å². The van der Waals surface area contributed by atoms with Crippen LogP contribution in [0.4, 0.5) is 4.39 Å². The zero-order valence-electron chi connectivity index (χ0n) is 9.01. The number of hydrogen-bond acceptors (Lipinski definition) is 2. The van der Waals surface area contributed by atoms with Gasteiger partial charge in [0.2, 0.25) is 0 Å². The lowest BCUT2D eigenvalue weighted by molar-refractivity contribution is 0.591. The summed E-state index contributed by atoms with van der Waals surface area (Å²) in [7, 11) is 0. The summed E-state index contributed by atoms with van der Waals surface area (Å²) >= 11 is 13.1. The van der Waals surface area contributed by atoms with Gasteiger partial charge in [0.15, 0.2) is 0 Å². The average Bonchev–Trinajstić information content (AvgIpc) is 2.61. The van der Waals surface area contributed by atoms with Crippen molar-refractivity contribution < 1.29 is 4.39 Å². The third-order valence-corrected chi connectivity index (χ3v) is 4.09. The van der Waals surface area contributed by atoms with Gasteiger partial charge >= 0.3 is 0 Å². The maximum absolute atomic E-state index is 13.9. The van der Waals surface area contributed by atoms with Gasteiger partial charge in [-0.05, 0) is 18.6 Å². The van der Waals surface area contributed by atoms with Crippen LogP contribution in [0, 0.1) is 12.7 Å². The van der Waals surface area contributed by atoms with E-state index in [9.17, 15) is 4.39 Å². The minimum Gasteiger partial charge on any atom is -0.320 e. The summed E-state index contributed by atoms with van der Waals surface area (Å²) in [6.07, 6.45) is 0. The Hall–Kier alpha value is -0.610. The first kappa shape index (κ1) is 12.8. The molecule has 1 aromatic heterocycles. The van der Waals surface area contributed by atoms with E-state index < -0.39 is 6.04 Å². The van der Waals surface area contributed by atoms with Crippen LogP contribution in [0.3, 0.4) is 0 Å². The number of aryl methyl sites for hydroxylation is 1. The number of halogens is 3. The van der Waals surface area contributed by atoms with Crippen LogP contribution in [0.2, 0.25) is 8.67 Å². The quantitative estimate of drug-likeness (QED) is 0.862. The van der Waals surface area contributed by atoms with Crippen molar-refractivity contribution in [2.75, 3.05) is 0 Å². The van der Waals surface area contributed by atoms with Gasteiger partial charge in [-0.1, -0.05) is 41.4 Å². The van der Waals surface area contributed by atoms with Gasteiger partial charge in [-0.3, -0.25) is 0 Å². The fourth-order valence-electron chi connectivity index (χ4n) is 1.64. The minimum absolute atomic E-state index is 0.293. The molecule has 0 fully saturated rings. The van der Waals surface area contributed by atoms with Gasteiger partial charge in [-0.2, -0.15) is 0 Å². The van der Waals surface area contributed by atoms with Crippen molar-refractivity contribution in [3.63, 3.8) is 0 Å². The molecule has 1 heterocycles. The second kappa shape index (κ2) is 4.94. The van der Waals surface area contributed by atoms with Gasteiger partial charge in [0.25, 0.3) is 0 Å². The summed E-state index contributed by atoms with van der Waals surface area (Å²) in [5.41, 5.74) is 7.68. The maximum atomic E-state index is 13.9. The number of nitrogens with two attached hydrogens (primary N) is 1. The Morgan fingerprint density at radius 2 is 2.00 bits per heavy atom. The fraction of sp³-hybridized carbons (Fsp3) is 0.167. The molecule has 0 saturated carbocycles. The average molecular weight is 290 g/mol. The Bertz CT molecular complexity index is 553. The second-order valence-electron chi connectivity index (χ2n) is 3.74. The van der Waals surface area contributed by atoms with Crippen LogP contribution >= 0.6 is 34.5 Å². The Morgan fingerprint density at radius 3 is 2.59 bits per heavy atom. The molecule has 5 heteroatoms. The highest BCUT2D eigenvalue weighted by molar-refractivity contribution is 7.20. The van der Waals surface area contributed by atoms with Gasteiger partial charge in [0.05, 0.1) is 14.7 Å². The molecule has 1 unspecified atom stereocenters. The third kappa shape index (κ3) is 2.47. The Kier molecular flexibility index (Phi) is 3.73. The highest BCUT2D eigenvalue weighted by atomic mass is 35.5. The molecular weight excluding hydrogens is 280 g/mol. The molecule has 90 valence electrons. The van der Waals surface area contributed by atoms with Crippen LogP contribution in [0.25, 0.3) is 0 Å². The molecule has 0 saturated heterocycles. The van der Waals surface area contributed by atoms with Crippen molar-refractivity contribution in [1.29, 1.82) is 0 Å². The highest BCUT2D eigenvalue weighted by Gasteiger charge is 2.19. The Labute approximate surface area is 113 Å². The molecule has 0 bridgehead atoms. The molecule has 0 spiro atoms. The fourth-order valence-corrected chi connectivity index (χ4v) is 3.19. The first-order valence-corrected chi connectivity index (χ1v) is 6.53. The largest absolute Gasteiger partial charge is 0.320 e. The molecule has 2 rings (SSSR count). The maximum Gasteiger partial charge on any atom is 0.131 e. The molecule has 0 amide bonds. The van der Waals surface area contributed by atoms with Gasteiger partial charge in [-0.15, -0.1) is 11.3 Å². The van der Waals surface area contributed by atoms with E-state index >= 15 is 0 Å². The molecule has 17 heavy (non-hydrogen) atoms.